The lowest BCUT2D eigenvalue weighted by atomic mass is 9.87. The average molecular weight is 395 g/mol. The van der Waals surface area contributed by atoms with Crippen LogP contribution in [0, 0.1) is 37.5 Å². The van der Waals surface area contributed by atoms with Crippen LogP contribution in [0.4, 0.5) is 0 Å². The smallest absolute Gasteiger partial charge is 0.173 e. The predicted octanol–water partition coefficient (Wildman–Crippen LogP) is 4.43. The molecule has 0 bridgehead atoms. The third-order valence-corrected chi connectivity index (χ3v) is 5.58. The van der Waals surface area contributed by atoms with Crippen LogP contribution in [-0.4, -0.2) is 22.9 Å². The van der Waals surface area contributed by atoms with E-state index in [0.717, 1.165) is 34.4 Å². The van der Waals surface area contributed by atoms with E-state index in [4.69, 9.17) is 9.47 Å². The van der Waals surface area contributed by atoms with E-state index in [1.807, 2.05) is 27.7 Å². The second kappa shape index (κ2) is 7.67. The van der Waals surface area contributed by atoms with E-state index in [-0.39, 0.29) is 18.0 Å². The number of hydrogen-bond donors (Lipinski definition) is 2. The van der Waals surface area contributed by atoms with Gasteiger partial charge < -0.3 is 19.7 Å². The van der Waals surface area contributed by atoms with Gasteiger partial charge in [-0.3, -0.25) is 0 Å². The molecule has 0 amide bonds. The first-order valence-corrected chi connectivity index (χ1v) is 9.43. The third-order valence-electron chi connectivity index (χ3n) is 5.58. The standard InChI is InChI=1S/C23H25NO5/c1-13-14(2)22-18(15(3)20(13)25)7-9-23(4,29-22)8-6-17-10-16(12-24-27)11-19(28-5)21(17)26/h10-11,25-26H,7,9,12H2,1-5H3. The number of ether oxygens (including phenoxy) is 2. The zero-order chi connectivity index (χ0) is 21.3. The highest BCUT2D eigenvalue weighted by Crippen LogP contribution is 2.43. The fraction of sp³-hybridized carbons (Fsp3) is 0.391. The molecule has 0 saturated carbocycles. The van der Waals surface area contributed by atoms with Crippen LogP contribution in [0.15, 0.2) is 17.3 Å². The van der Waals surface area contributed by atoms with Crippen molar-refractivity contribution in [3.63, 3.8) is 0 Å². The Bertz CT molecular complexity index is 1050. The van der Waals surface area contributed by atoms with Gasteiger partial charge in [-0.05, 0) is 68.5 Å². The number of phenolic OH excluding ortho intramolecular Hbond substituents is 2. The fourth-order valence-corrected chi connectivity index (χ4v) is 3.62. The maximum Gasteiger partial charge on any atom is 0.173 e. The minimum atomic E-state index is -0.758. The lowest BCUT2D eigenvalue weighted by Gasteiger charge is -2.34. The molecule has 1 atom stereocenters. The number of benzene rings is 2. The highest BCUT2D eigenvalue weighted by molar-refractivity contribution is 5.59. The topological polar surface area (TPSA) is 88.4 Å². The van der Waals surface area contributed by atoms with Gasteiger partial charge in [-0.2, -0.15) is 4.91 Å². The summed E-state index contributed by atoms with van der Waals surface area (Å²) in [5.41, 5.74) is 3.76. The molecule has 0 aliphatic carbocycles. The van der Waals surface area contributed by atoms with Crippen LogP contribution in [0.2, 0.25) is 0 Å². The van der Waals surface area contributed by atoms with Crippen molar-refractivity contribution in [2.75, 3.05) is 7.11 Å². The van der Waals surface area contributed by atoms with Crippen LogP contribution in [0.1, 0.15) is 46.7 Å². The van der Waals surface area contributed by atoms with Crippen molar-refractivity contribution in [1.82, 2.24) is 0 Å². The van der Waals surface area contributed by atoms with Gasteiger partial charge in [0.15, 0.2) is 17.1 Å². The van der Waals surface area contributed by atoms with E-state index in [0.29, 0.717) is 23.3 Å². The van der Waals surface area contributed by atoms with Crippen molar-refractivity contribution < 1.29 is 19.7 Å². The number of methoxy groups -OCH3 is 1. The minimum Gasteiger partial charge on any atom is -0.507 e. The first kappa shape index (κ1) is 20.5. The maximum absolute atomic E-state index is 10.6. The summed E-state index contributed by atoms with van der Waals surface area (Å²) in [5.74, 6) is 7.37. The summed E-state index contributed by atoms with van der Waals surface area (Å²) in [5, 5.41) is 23.6. The molecule has 0 fully saturated rings. The highest BCUT2D eigenvalue weighted by atomic mass is 16.5. The number of nitroso groups, excluding NO2 is 1. The lowest BCUT2D eigenvalue weighted by Crippen LogP contribution is -2.35. The second-order valence-electron chi connectivity index (χ2n) is 7.60. The largest absolute Gasteiger partial charge is 0.507 e. The van der Waals surface area contributed by atoms with E-state index in [1.165, 1.54) is 7.11 Å². The number of nitrogens with zero attached hydrogens (tertiary/aromatic N) is 1. The molecule has 29 heavy (non-hydrogen) atoms. The van der Waals surface area contributed by atoms with E-state index < -0.39 is 5.60 Å². The highest BCUT2D eigenvalue weighted by Gasteiger charge is 2.33. The molecule has 0 saturated heterocycles. The summed E-state index contributed by atoms with van der Waals surface area (Å²) >= 11 is 0. The third kappa shape index (κ3) is 3.73. The predicted molar refractivity (Wildman–Crippen MR) is 111 cm³/mol. The maximum atomic E-state index is 10.6. The van der Waals surface area contributed by atoms with Crippen LogP contribution in [0.3, 0.4) is 0 Å². The monoisotopic (exact) mass is 395 g/mol. The molecular formula is C23H25NO5. The molecule has 2 aromatic rings. The molecule has 0 spiro atoms. The van der Waals surface area contributed by atoms with Gasteiger partial charge in [0.2, 0.25) is 0 Å². The molecule has 1 unspecified atom stereocenters. The van der Waals surface area contributed by atoms with Gasteiger partial charge in [0.1, 0.15) is 18.0 Å². The van der Waals surface area contributed by atoms with E-state index >= 15 is 0 Å². The number of hydrogen-bond acceptors (Lipinski definition) is 6. The molecule has 152 valence electrons. The zero-order valence-corrected chi connectivity index (χ0v) is 17.3. The van der Waals surface area contributed by atoms with E-state index in [1.54, 1.807) is 12.1 Å². The SMILES string of the molecule is COc1cc(CN=O)cc(C#CC2(C)CCc3c(C)c(O)c(C)c(C)c3O2)c1O. The van der Waals surface area contributed by atoms with Crippen molar-refractivity contribution in [3.05, 3.63) is 50.4 Å². The van der Waals surface area contributed by atoms with Gasteiger partial charge in [0.05, 0.1) is 12.7 Å². The van der Waals surface area contributed by atoms with Crippen LogP contribution < -0.4 is 9.47 Å². The molecule has 1 heterocycles. The molecule has 0 radical (unpaired) electrons. The molecule has 6 heteroatoms. The van der Waals surface area contributed by atoms with Crippen LogP contribution in [0.5, 0.6) is 23.0 Å². The quantitative estimate of drug-likeness (QED) is 0.593. The molecule has 1 aliphatic rings. The van der Waals surface area contributed by atoms with Gasteiger partial charge >= 0.3 is 0 Å². The Morgan fingerprint density at radius 3 is 2.55 bits per heavy atom. The summed E-state index contributed by atoms with van der Waals surface area (Å²) in [7, 11) is 1.44. The Kier molecular flexibility index (Phi) is 5.43. The first-order chi connectivity index (χ1) is 13.7. The lowest BCUT2D eigenvalue weighted by molar-refractivity contribution is 0.122. The van der Waals surface area contributed by atoms with Crippen molar-refractivity contribution in [1.29, 1.82) is 0 Å². The van der Waals surface area contributed by atoms with Crippen molar-refractivity contribution in [3.8, 4) is 34.8 Å². The van der Waals surface area contributed by atoms with Crippen molar-refractivity contribution in [2.45, 2.75) is 52.7 Å². The zero-order valence-electron chi connectivity index (χ0n) is 17.3. The number of rotatable bonds is 3. The Hall–Kier alpha value is -3.20. The second-order valence-corrected chi connectivity index (χ2v) is 7.60. The van der Waals surface area contributed by atoms with Gasteiger partial charge in [0.25, 0.3) is 0 Å². The Labute approximate surface area is 170 Å². The normalized spacial score (nSPS) is 17.6. The van der Waals surface area contributed by atoms with Gasteiger partial charge in [-0.15, -0.1) is 0 Å². The Morgan fingerprint density at radius 2 is 1.90 bits per heavy atom. The number of fused-ring (bicyclic) bond motifs is 1. The molecule has 2 N–H and O–H groups in total. The molecule has 1 aliphatic heterocycles. The molecule has 0 aromatic heterocycles. The minimum absolute atomic E-state index is 0.0340. The summed E-state index contributed by atoms with van der Waals surface area (Å²) in [6.45, 7) is 7.57. The Balaban J connectivity index is 2.01. The molecular weight excluding hydrogens is 370 g/mol. The summed E-state index contributed by atoms with van der Waals surface area (Å²) in [4.78, 5) is 10.6. The fourth-order valence-electron chi connectivity index (χ4n) is 3.62. The number of aromatic hydroxyl groups is 2. The molecule has 2 aromatic carbocycles. The van der Waals surface area contributed by atoms with Gasteiger partial charge in [0, 0.05) is 12.0 Å². The van der Waals surface area contributed by atoms with E-state index in [9.17, 15) is 15.1 Å². The first-order valence-electron chi connectivity index (χ1n) is 9.43. The van der Waals surface area contributed by atoms with E-state index in [2.05, 4.69) is 17.0 Å². The average Bonchev–Trinajstić information content (AvgIpc) is 2.71. The van der Waals surface area contributed by atoms with Crippen LogP contribution >= 0.6 is 0 Å². The van der Waals surface area contributed by atoms with Crippen molar-refractivity contribution >= 4 is 0 Å². The van der Waals surface area contributed by atoms with Gasteiger partial charge in [-0.25, -0.2) is 0 Å². The molecule has 6 nitrogen and oxygen atoms in total. The summed E-state index contributed by atoms with van der Waals surface area (Å²) in [6.07, 6.45) is 1.37. The van der Waals surface area contributed by atoms with Crippen molar-refractivity contribution in [2.24, 2.45) is 5.18 Å². The summed E-state index contributed by atoms with van der Waals surface area (Å²) < 4.78 is 11.5. The molecule has 3 rings (SSSR count). The Morgan fingerprint density at radius 1 is 1.17 bits per heavy atom. The van der Waals surface area contributed by atoms with Gasteiger partial charge in [-0.1, -0.05) is 17.0 Å². The van der Waals surface area contributed by atoms with Crippen LogP contribution in [0.25, 0.3) is 0 Å². The van der Waals surface area contributed by atoms with Crippen LogP contribution in [-0.2, 0) is 13.0 Å². The summed E-state index contributed by atoms with van der Waals surface area (Å²) in [6, 6.07) is 3.20. The number of phenols is 2.